The molecule has 0 bridgehead atoms. The van der Waals surface area contributed by atoms with Crippen molar-refractivity contribution in [2.45, 2.75) is 54.4 Å². The highest BCUT2D eigenvalue weighted by atomic mass is 19.1. The normalized spacial score (nSPS) is 10.8. The summed E-state index contributed by atoms with van der Waals surface area (Å²) in [4.78, 5) is 26.9. The van der Waals surface area contributed by atoms with Gasteiger partial charge in [0.2, 0.25) is 5.91 Å². The average Bonchev–Trinajstić information content (AvgIpc) is 2.80. The van der Waals surface area contributed by atoms with Crippen LogP contribution in [0.5, 0.6) is 0 Å². The topological polar surface area (TPSA) is 71.1 Å². The van der Waals surface area contributed by atoms with Gasteiger partial charge in [-0.2, -0.15) is 0 Å². The number of nitrogens with one attached hydrogen (secondary N) is 2. The molecule has 2 N–H and O–H groups in total. The smallest absolute Gasteiger partial charge is 0.227 e. The van der Waals surface area contributed by atoms with E-state index >= 15 is 0 Å². The quantitative estimate of drug-likeness (QED) is 0.407. The Bertz CT molecular complexity index is 1050. The maximum atomic E-state index is 13.5. The molecule has 3 rings (SSSR count). The molecule has 0 aliphatic rings. The Morgan fingerprint density at radius 1 is 1.06 bits per heavy atom. The van der Waals surface area contributed by atoms with Crippen LogP contribution in [0.2, 0.25) is 0 Å². The zero-order valence-electron chi connectivity index (χ0n) is 20.8. The van der Waals surface area contributed by atoms with Crippen LogP contribution in [-0.2, 0) is 4.79 Å². The molecule has 1 amide bonds. The van der Waals surface area contributed by atoms with Crippen molar-refractivity contribution < 1.29 is 14.0 Å². The zero-order valence-corrected chi connectivity index (χ0v) is 20.8. The van der Waals surface area contributed by atoms with Gasteiger partial charge < -0.3 is 10.6 Å². The molecular weight excluding hydrogens is 417 g/mol. The number of Topliss-reactive ketones (excluding diaryl/α,β-unsaturated/α-hetero) is 1. The molecule has 0 aliphatic carbocycles. The van der Waals surface area contributed by atoms with Crippen LogP contribution in [0.25, 0.3) is 10.9 Å². The molecule has 5 nitrogen and oxygen atoms in total. The number of ketones is 1. The number of para-hydroxylation sites is 1. The lowest BCUT2D eigenvalue weighted by atomic mass is 10.1. The van der Waals surface area contributed by atoms with Crippen LogP contribution >= 0.6 is 0 Å². The van der Waals surface area contributed by atoms with Gasteiger partial charge in [-0.05, 0) is 38.5 Å². The number of amides is 1. The molecule has 1 heterocycles. The minimum atomic E-state index is -0.385. The van der Waals surface area contributed by atoms with Crippen LogP contribution in [0.3, 0.4) is 0 Å². The second-order valence-electron chi connectivity index (χ2n) is 7.86. The van der Waals surface area contributed by atoms with E-state index in [0.717, 1.165) is 12.1 Å². The first-order chi connectivity index (χ1) is 15.7. The van der Waals surface area contributed by atoms with Gasteiger partial charge in [-0.3, -0.25) is 14.6 Å². The number of rotatable bonds is 5. The van der Waals surface area contributed by atoms with Crippen molar-refractivity contribution in [3.63, 3.8) is 0 Å². The van der Waals surface area contributed by atoms with Crippen molar-refractivity contribution in [2.24, 2.45) is 5.92 Å². The molecule has 2 aromatic carbocycles. The maximum absolute atomic E-state index is 13.5. The summed E-state index contributed by atoms with van der Waals surface area (Å²) in [6.45, 7) is 11.7. The summed E-state index contributed by atoms with van der Waals surface area (Å²) >= 11 is 0. The van der Waals surface area contributed by atoms with Crippen molar-refractivity contribution in [3.8, 4) is 0 Å². The summed E-state index contributed by atoms with van der Waals surface area (Å²) < 4.78 is 13.5. The van der Waals surface area contributed by atoms with Crippen LogP contribution in [0.15, 0.2) is 48.7 Å². The summed E-state index contributed by atoms with van der Waals surface area (Å²) in [6.07, 6.45) is 3.53. The Kier molecular flexibility index (Phi) is 11.8. The van der Waals surface area contributed by atoms with Crippen LogP contribution in [-0.4, -0.2) is 23.7 Å². The number of carbonyl (C=O) groups is 2. The Morgan fingerprint density at radius 3 is 2.18 bits per heavy atom. The van der Waals surface area contributed by atoms with E-state index < -0.39 is 0 Å². The minimum absolute atomic E-state index is 0.0799. The largest absolute Gasteiger partial charge is 0.387 e. The number of hydrogen-bond acceptors (Lipinski definition) is 4. The van der Waals surface area contributed by atoms with Crippen molar-refractivity contribution >= 4 is 34.0 Å². The summed E-state index contributed by atoms with van der Waals surface area (Å²) in [7, 11) is 1.70. The molecule has 0 radical (unpaired) electrons. The predicted octanol–water partition coefficient (Wildman–Crippen LogP) is 7.01. The average molecular weight is 454 g/mol. The fourth-order valence-electron chi connectivity index (χ4n) is 2.81. The van der Waals surface area contributed by atoms with E-state index in [2.05, 4.69) is 29.5 Å². The first-order valence-electron chi connectivity index (χ1n) is 11.3. The molecule has 178 valence electrons. The van der Waals surface area contributed by atoms with Crippen LogP contribution in [0, 0.1) is 18.7 Å². The number of pyridine rings is 1. The molecule has 3 aromatic rings. The van der Waals surface area contributed by atoms with Crippen molar-refractivity contribution in [2.75, 3.05) is 17.7 Å². The van der Waals surface area contributed by atoms with Gasteiger partial charge in [-0.1, -0.05) is 63.9 Å². The fourth-order valence-corrected chi connectivity index (χ4v) is 2.81. The van der Waals surface area contributed by atoms with E-state index in [-0.39, 0.29) is 28.9 Å². The van der Waals surface area contributed by atoms with E-state index in [9.17, 15) is 14.0 Å². The maximum Gasteiger partial charge on any atom is 0.227 e. The van der Waals surface area contributed by atoms with E-state index in [1.807, 2.05) is 45.0 Å². The lowest BCUT2D eigenvalue weighted by Gasteiger charge is -2.09. The van der Waals surface area contributed by atoms with E-state index in [0.29, 0.717) is 16.6 Å². The van der Waals surface area contributed by atoms with Crippen molar-refractivity contribution in [1.82, 2.24) is 4.98 Å². The number of anilines is 2. The van der Waals surface area contributed by atoms with Crippen LogP contribution in [0.4, 0.5) is 15.8 Å². The highest BCUT2D eigenvalue weighted by molar-refractivity contribution is 6.07. The Morgan fingerprint density at radius 2 is 1.67 bits per heavy atom. The molecule has 0 aliphatic heterocycles. The van der Waals surface area contributed by atoms with Gasteiger partial charge in [0.05, 0.1) is 11.3 Å². The summed E-state index contributed by atoms with van der Waals surface area (Å²) in [6, 6.07) is 12.5. The second kappa shape index (κ2) is 14.0. The molecule has 0 fully saturated rings. The minimum Gasteiger partial charge on any atom is -0.387 e. The van der Waals surface area contributed by atoms with Gasteiger partial charge in [0.1, 0.15) is 11.3 Å². The van der Waals surface area contributed by atoms with E-state index in [1.165, 1.54) is 31.2 Å². The Balaban J connectivity index is 0.000000298. The molecule has 1 unspecified atom stereocenters. The van der Waals surface area contributed by atoms with Gasteiger partial charge >= 0.3 is 0 Å². The zero-order chi connectivity index (χ0) is 25.0. The number of fused-ring (bicyclic) bond motifs is 1. The first-order valence-corrected chi connectivity index (χ1v) is 11.3. The number of aromatic nitrogens is 1. The molecule has 0 spiro atoms. The highest BCUT2D eigenvalue weighted by Gasteiger charge is 2.13. The third kappa shape index (κ3) is 8.29. The SMILES string of the molecule is CCC.CCC(C)C(=O)Nc1ccc(C)cc1.CNc1c(C(C)=O)cnc2c(F)cccc12. The molecule has 1 aromatic heterocycles. The number of halogens is 1. The molecular formula is C27H36FN3O2. The first kappa shape index (κ1) is 27.8. The van der Waals surface area contributed by atoms with Crippen LogP contribution < -0.4 is 10.6 Å². The monoisotopic (exact) mass is 453 g/mol. The van der Waals surface area contributed by atoms with Crippen LogP contribution in [0.1, 0.15) is 63.4 Å². The lowest BCUT2D eigenvalue weighted by Crippen LogP contribution is -2.19. The number of carbonyl (C=O) groups excluding carboxylic acids is 2. The van der Waals surface area contributed by atoms with Crippen molar-refractivity contribution in [3.05, 3.63) is 65.6 Å². The number of aryl methyl sites for hydroxylation is 1. The van der Waals surface area contributed by atoms with Gasteiger partial charge in [0.15, 0.2) is 5.78 Å². The number of benzene rings is 2. The molecule has 1 atom stereocenters. The Labute approximate surface area is 196 Å². The molecule has 33 heavy (non-hydrogen) atoms. The number of hydrogen-bond donors (Lipinski definition) is 2. The molecule has 0 saturated heterocycles. The molecule has 6 heteroatoms. The van der Waals surface area contributed by atoms with Gasteiger partial charge in [0, 0.05) is 30.2 Å². The molecule has 0 saturated carbocycles. The summed E-state index contributed by atoms with van der Waals surface area (Å²) in [5, 5.41) is 6.42. The standard InChI is InChI=1S/C12H11FN2O.C12H17NO.C3H8/c1-7(16)9-6-15-12-8(11(9)14-2)4-3-5-10(12)13;1-4-10(3)12(14)13-11-7-5-9(2)6-8-11;1-3-2/h3-6H,1-2H3,(H,14,15);5-8,10H,4H2,1-3H3,(H,13,14);3H2,1-2H3. The third-order valence-electron chi connectivity index (χ3n) is 4.86. The van der Waals surface area contributed by atoms with Gasteiger partial charge in [-0.15, -0.1) is 0 Å². The van der Waals surface area contributed by atoms with Gasteiger partial charge in [0.25, 0.3) is 0 Å². The summed E-state index contributed by atoms with van der Waals surface area (Å²) in [5.41, 5.74) is 3.45. The second-order valence-corrected chi connectivity index (χ2v) is 7.86. The highest BCUT2D eigenvalue weighted by Crippen LogP contribution is 2.27. The fraction of sp³-hybridized carbons (Fsp3) is 0.370. The predicted molar refractivity (Wildman–Crippen MR) is 136 cm³/mol. The summed E-state index contributed by atoms with van der Waals surface area (Å²) in [5.74, 6) is -0.306. The van der Waals surface area contributed by atoms with Crippen molar-refractivity contribution in [1.29, 1.82) is 0 Å². The number of nitrogens with zero attached hydrogens (tertiary/aromatic N) is 1. The van der Waals surface area contributed by atoms with E-state index in [1.54, 1.807) is 19.2 Å². The van der Waals surface area contributed by atoms with Gasteiger partial charge in [-0.25, -0.2) is 4.39 Å². The third-order valence-corrected chi connectivity index (χ3v) is 4.86. The Hall–Kier alpha value is -3.28. The lowest BCUT2D eigenvalue weighted by molar-refractivity contribution is -0.119. The van der Waals surface area contributed by atoms with E-state index in [4.69, 9.17) is 0 Å².